The number of nitrogens with zero attached hydrogens (tertiary/aromatic N) is 1. The summed E-state index contributed by atoms with van der Waals surface area (Å²) in [5.41, 5.74) is -0.810. The van der Waals surface area contributed by atoms with Gasteiger partial charge in [0, 0.05) is 6.20 Å². The van der Waals surface area contributed by atoms with Crippen molar-refractivity contribution in [2.24, 2.45) is 0 Å². The Morgan fingerprint density at radius 3 is 2.38 bits per heavy atom. The van der Waals surface area contributed by atoms with E-state index >= 15 is 0 Å². The van der Waals surface area contributed by atoms with Crippen LogP contribution in [0.15, 0.2) is 18.3 Å². The number of pyridine rings is 1. The smallest absolute Gasteiger partial charge is 0.370 e. The highest BCUT2D eigenvalue weighted by Crippen LogP contribution is 2.29. The quantitative estimate of drug-likeness (QED) is 0.780. The minimum atomic E-state index is -4.33. The van der Waals surface area contributed by atoms with E-state index in [2.05, 4.69) is 4.98 Å². The van der Waals surface area contributed by atoms with Gasteiger partial charge in [0.25, 0.3) is 0 Å². The molecule has 0 aliphatic heterocycles. The molecular weight excluding hydrogens is 219 g/mol. The van der Waals surface area contributed by atoms with Crippen LogP contribution < -0.4 is 0 Å². The molecule has 16 heavy (non-hydrogen) atoms. The lowest BCUT2D eigenvalue weighted by molar-refractivity contribution is -0.137. The summed E-state index contributed by atoms with van der Waals surface area (Å²) in [5, 5.41) is 0. The van der Waals surface area contributed by atoms with Crippen LogP contribution in [0.3, 0.4) is 0 Å². The molecule has 0 spiro atoms. The minimum Gasteiger partial charge on any atom is -0.370 e. The van der Waals surface area contributed by atoms with Crippen molar-refractivity contribution in [3.63, 3.8) is 0 Å². The molecule has 90 valence electrons. The number of alkyl halides is 3. The van der Waals surface area contributed by atoms with Crippen LogP contribution in [0.5, 0.6) is 0 Å². The highest BCUT2D eigenvalue weighted by molar-refractivity contribution is 5.18. The summed E-state index contributed by atoms with van der Waals surface area (Å²) < 4.78 is 42.5. The molecule has 0 bridgehead atoms. The first-order valence-electron chi connectivity index (χ1n) is 4.84. The number of aromatic nitrogens is 1. The molecule has 0 aliphatic carbocycles. The molecule has 5 heteroatoms. The first-order chi connectivity index (χ1) is 7.18. The average Bonchev–Trinajstić information content (AvgIpc) is 2.13. The highest BCUT2D eigenvalue weighted by Gasteiger charge is 2.30. The third kappa shape index (κ3) is 4.18. The van der Waals surface area contributed by atoms with Crippen LogP contribution in [0, 0.1) is 0 Å². The van der Waals surface area contributed by atoms with Gasteiger partial charge in [0.05, 0.1) is 23.5 Å². The molecular formula is C11H14F3NO. The number of ether oxygens (including phenoxy) is 1. The molecule has 0 aromatic carbocycles. The molecule has 1 rings (SSSR count). The summed E-state index contributed by atoms with van der Waals surface area (Å²) >= 11 is 0. The first-order valence-corrected chi connectivity index (χ1v) is 4.84. The Labute approximate surface area is 92.5 Å². The summed E-state index contributed by atoms with van der Waals surface area (Å²) in [7, 11) is 0. The molecule has 0 radical (unpaired) electrons. The Morgan fingerprint density at radius 2 is 1.88 bits per heavy atom. The van der Waals surface area contributed by atoms with Crippen LogP contribution in [0.1, 0.15) is 32.0 Å². The van der Waals surface area contributed by atoms with Gasteiger partial charge in [-0.3, -0.25) is 4.98 Å². The van der Waals surface area contributed by atoms with Crippen LogP contribution in [0.2, 0.25) is 0 Å². The van der Waals surface area contributed by atoms with Crippen molar-refractivity contribution in [1.82, 2.24) is 4.98 Å². The van der Waals surface area contributed by atoms with E-state index in [9.17, 15) is 13.2 Å². The first kappa shape index (κ1) is 13.0. The maximum absolute atomic E-state index is 12.4. The number of halogens is 3. The number of hydrogen-bond acceptors (Lipinski definition) is 2. The van der Waals surface area contributed by atoms with Crippen LogP contribution in [-0.2, 0) is 17.5 Å². The summed E-state index contributed by atoms with van der Waals surface area (Å²) in [6, 6.07) is 1.95. The van der Waals surface area contributed by atoms with Crippen molar-refractivity contribution in [2.75, 3.05) is 0 Å². The van der Waals surface area contributed by atoms with Gasteiger partial charge in [0.15, 0.2) is 0 Å². The minimum absolute atomic E-state index is 0.0768. The molecule has 1 heterocycles. The molecule has 0 N–H and O–H groups in total. The number of rotatable bonds is 2. The van der Waals surface area contributed by atoms with Crippen molar-refractivity contribution >= 4 is 0 Å². The molecule has 0 saturated heterocycles. The zero-order valence-electron chi connectivity index (χ0n) is 9.43. The Morgan fingerprint density at radius 1 is 1.25 bits per heavy atom. The molecule has 0 saturated carbocycles. The summed E-state index contributed by atoms with van der Waals surface area (Å²) in [5.74, 6) is 0. The van der Waals surface area contributed by atoms with E-state index in [-0.39, 0.29) is 12.3 Å². The Bertz CT molecular complexity index is 355. The highest BCUT2D eigenvalue weighted by atomic mass is 19.4. The molecule has 1 aromatic rings. The fraction of sp³-hybridized carbons (Fsp3) is 0.545. The van der Waals surface area contributed by atoms with E-state index < -0.39 is 17.3 Å². The van der Waals surface area contributed by atoms with Gasteiger partial charge < -0.3 is 4.74 Å². The van der Waals surface area contributed by atoms with Crippen LogP contribution >= 0.6 is 0 Å². The van der Waals surface area contributed by atoms with Gasteiger partial charge >= 0.3 is 6.18 Å². The average molecular weight is 233 g/mol. The SMILES string of the molecule is CC(C)(C)OCc1cc(C(F)(F)F)ccn1. The molecule has 0 amide bonds. The molecule has 0 unspecified atom stereocenters. The monoisotopic (exact) mass is 233 g/mol. The van der Waals surface area contributed by atoms with E-state index in [4.69, 9.17) is 4.74 Å². The molecule has 0 fully saturated rings. The molecule has 0 aliphatic rings. The van der Waals surface area contributed by atoms with Crippen molar-refractivity contribution in [2.45, 2.75) is 39.2 Å². The van der Waals surface area contributed by atoms with E-state index in [0.29, 0.717) is 0 Å². The van der Waals surface area contributed by atoms with Crippen molar-refractivity contribution in [3.8, 4) is 0 Å². The lowest BCUT2D eigenvalue weighted by Crippen LogP contribution is -2.19. The second kappa shape index (κ2) is 4.41. The van der Waals surface area contributed by atoms with Crippen molar-refractivity contribution in [1.29, 1.82) is 0 Å². The topological polar surface area (TPSA) is 22.1 Å². The predicted octanol–water partition coefficient (Wildman–Crippen LogP) is 3.42. The standard InChI is InChI=1S/C11H14F3NO/c1-10(2,3)16-7-9-6-8(4-5-15-9)11(12,13)14/h4-6H,7H2,1-3H3. The Hall–Kier alpha value is -1.10. The number of hydrogen-bond donors (Lipinski definition) is 0. The molecule has 2 nitrogen and oxygen atoms in total. The fourth-order valence-corrected chi connectivity index (χ4v) is 1.02. The maximum atomic E-state index is 12.4. The predicted molar refractivity (Wildman–Crippen MR) is 53.8 cm³/mol. The zero-order chi connectivity index (χ0) is 12.4. The van der Waals surface area contributed by atoms with Crippen LogP contribution in [0.4, 0.5) is 13.2 Å². The maximum Gasteiger partial charge on any atom is 0.416 e. The van der Waals surface area contributed by atoms with E-state index in [0.717, 1.165) is 18.3 Å². The van der Waals surface area contributed by atoms with Gasteiger partial charge in [0.2, 0.25) is 0 Å². The summed E-state index contributed by atoms with van der Waals surface area (Å²) in [6.07, 6.45) is -3.19. The van der Waals surface area contributed by atoms with Crippen LogP contribution in [-0.4, -0.2) is 10.6 Å². The Kier molecular flexibility index (Phi) is 3.57. The van der Waals surface area contributed by atoms with Gasteiger partial charge in [-0.1, -0.05) is 0 Å². The normalized spacial score (nSPS) is 12.9. The van der Waals surface area contributed by atoms with Gasteiger partial charge in [-0.25, -0.2) is 0 Å². The Balaban J connectivity index is 2.76. The second-order valence-electron chi connectivity index (χ2n) is 4.43. The van der Waals surface area contributed by atoms with E-state index in [1.165, 1.54) is 0 Å². The van der Waals surface area contributed by atoms with Gasteiger partial charge in [-0.15, -0.1) is 0 Å². The van der Waals surface area contributed by atoms with Gasteiger partial charge in [-0.2, -0.15) is 13.2 Å². The van der Waals surface area contributed by atoms with E-state index in [1.807, 2.05) is 20.8 Å². The third-order valence-corrected chi connectivity index (χ3v) is 1.80. The summed E-state index contributed by atoms with van der Waals surface area (Å²) in [6.45, 7) is 5.58. The van der Waals surface area contributed by atoms with Gasteiger partial charge in [0.1, 0.15) is 0 Å². The largest absolute Gasteiger partial charge is 0.416 e. The zero-order valence-corrected chi connectivity index (χ0v) is 9.43. The van der Waals surface area contributed by atoms with Crippen LogP contribution in [0.25, 0.3) is 0 Å². The molecule has 1 aromatic heterocycles. The van der Waals surface area contributed by atoms with Crippen molar-refractivity contribution in [3.05, 3.63) is 29.6 Å². The third-order valence-electron chi connectivity index (χ3n) is 1.80. The second-order valence-corrected chi connectivity index (χ2v) is 4.43. The van der Waals surface area contributed by atoms with E-state index in [1.54, 1.807) is 0 Å². The fourth-order valence-electron chi connectivity index (χ4n) is 1.02. The summed E-state index contributed by atoms with van der Waals surface area (Å²) in [4.78, 5) is 3.83. The lowest BCUT2D eigenvalue weighted by Gasteiger charge is -2.19. The lowest BCUT2D eigenvalue weighted by atomic mass is 10.2. The van der Waals surface area contributed by atoms with Gasteiger partial charge in [-0.05, 0) is 32.9 Å². The molecule has 0 atom stereocenters. The van der Waals surface area contributed by atoms with Crippen molar-refractivity contribution < 1.29 is 17.9 Å².